The zero-order valence-electron chi connectivity index (χ0n) is 17.3. The van der Waals surface area contributed by atoms with Gasteiger partial charge in [-0.25, -0.2) is 10.3 Å². The van der Waals surface area contributed by atoms with E-state index in [0.29, 0.717) is 11.3 Å². The maximum absolute atomic E-state index is 12.5. The van der Waals surface area contributed by atoms with Crippen LogP contribution in [0, 0.1) is 0 Å². The van der Waals surface area contributed by atoms with E-state index < -0.39 is 30.1 Å². The first-order valence-electron chi connectivity index (χ1n) is 9.54. The number of imide groups is 1. The van der Waals surface area contributed by atoms with Crippen LogP contribution < -0.4 is 15.5 Å². The minimum Gasteiger partial charge on any atom is -0.491 e. The first-order valence-corrected chi connectivity index (χ1v) is 9.54. The number of carbonyl (C=O) groups excluding carboxylic acids is 3. The fourth-order valence-electron chi connectivity index (χ4n) is 2.69. The summed E-state index contributed by atoms with van der Waals surface area (Å²) in [7, 11) is 1.33. The van der Waals surface area contributed by atoms with Gasteiger partial charge in [0.2, 0.25) is 0 Å². The van der Waals surface area contributed by atoms with Crippen molar-refractivity contribution < 1.29 is 38.9 Å². The Morgan fingerprint density at radius 3 is 2.50 bits per heavy atom. The van der Waals surface area contributed by atoms with E-state index in [2.05, 4.69) is 5.32 Å². The van der Waals surface area contributed by atoms with Crippen molar-refractivity contribution in [2.24, 2.45) is 0 Å². The van der Waals surface area contributed by atoms with Crippen LogP contribution >= 0.6 is 0 Å². The summed E-state index contributed by atoms with van der Waals surface area (Å²) in [6.45, 7) is -0.126. The van der Waals surface area contributed by atoms with E-state index in [9.17, 15) is 14.4 Å². The molecule has 0 spiro atoms. The van der Waals surface area contributed by atoms with Gasteiger partial charge in [0.05, 0.1) is 6.61 Å². The zero-order chi connectivity index (χ0) is 23.3. The van der Waals surface area contributed by atoms with Crippen molar-refractivity contribution in [3.63, 3.8) is 0 Å². The van der Waals surface area contributed by atoms with Crippen molar-refractivity contribution in [2.75, 3.05) is 20.3 Å². The molecule has 10 nitrogen and oxygen atoms in total. The minimum atomic E-state index is -1.09. The highest BCUT2D eigenvalue weighted by molar-refractivity contribution is 6.02. The van der Waals surface area contributed by atoms with Gasteiger partial charge in [-0.2, -0.15) is 0 Å². The highest BCUT2D eigenvalue weighted by atomic mass is 16.6. The molecule has 0 aromatic heterocycles. The molecule has 0 heterocycles. The zero-order valence-corrected chi connectivity index (χ0v) is 17.3. The van der Waals surface area contributed by atoms with Crippen molar-refractivity contribution >= 4 is 17.9 Å². The Kier molecular flexibility index (Phi) is 9.85. The van der Waals surface area contributed by atoms with Crippen LogP contribution in [0.3, 0.4) is 0 Å². The van der Waals surface area contributed by atoms with E-state index in [4.69, 9.17) is 24.5 Å². The van der Waals surface area contributed by atoms with Crippen molar-refractivity contribution in [1.29, 1.82) is 0 Å². The number of hydrogen-bond donors (Lipinski definition) is 4. The van der Waals surface area contributed by atoms with Gasteiger partial charge in [-0.1, -0.05) is 30.3 Å². The highest BCUT2D eigenvalue weighted by Crippen LogP contribution is 2.27. The summed E-state index contributed by atoms with van der Waals surface area (Å²) < 4.78 is 16.2. The molecule has 0 aliphatic rings. The second-order valence-corrected chi connectivity index (χ2v) is 6.33. The fraction of sp³-hybridized carbons (Fsp3) is 0.227. The van der Waals surface area contributed by atoms with Crippen molar-refractivity contribution in [3.05, 3.63) is 77.9 Å². The summed E-state index contributed by atoms with van der Waals surface area (Å²) in [5.41, 5.74) is 2.15. The van der Waals surface area contributed by atoms with Gasteiger partial charge in [0.1, 0.15) is 18.5 Å². The molecular weight excluding hydrogens is 420 g/mol. The number of rotatable bonds is 10. The first kappa shape index (κ1) is 24.5. The van der Waals surface area contributed by atoms with Gasteiger partial charge in [0.25, 0.3) is 11.8 Å². The van der Waals surface area contributed by atoms with E-state index >= 15 is 0 Å². The van der Waals surface area contributed by atoms with Crippen LogP contribution in [0.1, 0.15) is 22.0 Å². The number of methoxy groups -OCH3 is 1. The number of aliphatic hydroxyl groups excluding tert-OH is 1. The molecule has 0 fully saturated rings. The minimum absolute atomic E-state index is 0.0608. The van der Waals surface area contributed by atoms with Crippen LogP contribution in [0.15, 0.2) is 66.7 Å². The molecule has 2 rings (SSSR count). The molecule has 2 atom stereocenters. The standard InChI is InChI=1S/C22H24N2O8/c1-30-18(10-11-19(26)24-29)20(16-8-5-9-17(14-16)31-13-12-25)32-22(28)23-21(27)15-6-3-2-4-7-15/h2-11,14,18,20,25,29H,12-13H2,1H3,(H,24,26)(H,23,27,28)/b11-10+/t18-,20-/m1/s1. The van der Waals surface area contributed by atoms with Crippen LogP contribution in [0.5, 0.6) is 5.75 Å². The van der Waals surface area contributed by atoms with Crippen molar-refractivity contribution in [1.82, 2.24) is 10.8 Å². The Bertz CT molecular complexity index is 933. The summed E-state index contributed by atoms with van der Waals surface area (Å²) in [4.78, 5) is 36.1. The van der Waals surface area contributed by atoms with Gasteiger partial charge < -0.3 is 19.3 Å². The predicted octanol–water partition coefficient (Wildman–Crippen LogP) is 1.74. The summed E-state index contributed by atoms with van der Waals surface area (Å²) in [5, 5.41) is 19.8. The second kappa shape index (κ2) is 12.8. The Labute approximate surface area is 184 Å². The third-order valence-electron chi connectivity index (χ3n) is 4.15. The van der Waals surface area contributed by atoms with Crippen LogP contribution in [0.4, 0.5) is 4.79 Å². The van der Waals surface area contributed by atoms with Crippen LogP contribution in [0.2, 0.25) is 0 Å². The maximum Gasteiger partial charge on any atom is 0.414 e. The van der Waals surface area contributed by atoms with Gasteiger partial charge in [0.15, 0.2) is 6.10 Å². The normalized spacial score (nSPS) is 12.6. The molecule has 3 amide bonds. The van der Waals surface area contributed by atoms with Crippen molar-refractivity contribution in [3.8, 4) is 5.75 Å². The van der Waals surface area contributed by atoms with Gasteiger partial charge in [-0.05, 0) is 35.9 Å². The van der Waals surface area contributed by atoms with Gasteiger partial charge in [0, 0.05) is 18.7 Å². The number of alkyl carbamates (subject to hydrolysis) is 1. The molecule has 0 aliphatic carbocycles. The summed E-state index contributed by atoms with van der Waals surface area (Å²) >= 11 is 0. The van der Waals surface area contributed by atoms with E-state index in [-0.39, 0.29) is 18.8 Å². The summed E-state index contributed by atoms with van der Waals surface area (Å²) in [6.07, 6.45) is -0.803. The van der Waals surface area contributed by atoms with E-state index in [1.807, 2.05) is 0 Å². The molecule has 0 aliphatic heterocycles. The fourth-order valence-corrected chi connectivity index (χ4v) is 2.69. The monoisotopic (exact) mass is 444 g/mol. The summed E-state index contributed by atoms with van der Waals surface area (Å²) in [6, 6.07) is 14.6. The molecule has 0 saturated carbocycles. The molecule has 32 heavy (non-hydrogen) atoms. The third-order valence-corrected chi connectivity index (χ3v) is 4.15. The highest BCUT2D eigenvalue weighted by Gasteiger charge is 2.27. The number of aliphatic hydroxyl groups is 1. The molecule has 2 aromatic carbocycles. The molecule has 0 bridgehead atoms. The number of hydroxylamine groups is 1. The Balaban J connectivity index is 2.26. The lowest BCUT2D eigenvalue weighted by Gasteiger charge is -2.24. The van der Waals surface area contributed by atoms with Crippen LogP contribution in [-0.4, -0.2) is 54.6 Å². The number of carbonyl (C=O) groups is 3. The summed E-state index contributed by atoms with van der Waals surface area (Å²) in [5.74, 6) is -1.06. The number of ether oxygens (including phenoxy) is 3. The van der Waals surface area contributed by atoms with E-state index in [1.54, 1.807) is 42.5 Å². The molecule has 2 aromatic rings. The Hall–Kier alpha value is -3.73. The van der Waals surface area contributed by atoms with Gasteiger partial charge in [-0.15, -0.1) is 0 Å². The molecule has 170 valence electrons. The molecule has 0 saturated heterocycles. The van der Waals surface area contributed by atoms with E-state index in [0.717, 1.165) is 6.08 Å². The molecular formula is C22H24N2O8. The Morgan fingerprint density at radius 2 is 1.84 bits per heavy atom. The number of hydrogen-bond acceptors (Lipinski definition) is 8. The number of amides is 3. The topological polar surface area (TPSA) is 143 Å². The average Bonchev–Trinajstić information content (AvgIpc) is 2.82. The number of nitrogens with one attached hydrogen (secondary N) is 2. The first-order chi connectivity index (χ1) is 15.5. The molecule has 0 unspecified atom stereocenters. The lowest BCUT2D eigenvalue weighted by molar-refractivity contribution is -0.124. The lowest BCUT2D eigenvalue weighted by Crippen LogP contribution is -2.35. The lowest BCUT2D eigenvalue weighted by atomic mass is 10.0. The average molecular weight is 444 g/mol. The van der Waals surface area contributed by atoms with Crippen LogP contribution in [0.25, 0.3) is 0 Å². The Morgan fingerprint density at radius 1 is 1.09 bits per heavy atom. The van der Waals surface area contributed by atoms with Crippen LogP contribution in [-0.2, 0) is 14.3 Å². The quantitative estimate of drug-likeness (QED) is 0.247. The second-order valence-electron chi connectivity index (χ2n) is 6.33. The molecule has 4 N–H and O–H groups in total. The number of benzene rings is 2. The van der Waals surface area contributed by atoms with Crippen molar-refractivity contribution in [2.45, 2.75) is 12.2 Å². The maximum atomic E-state index is 12.5. The smallest absolute Gasteiger partial charge is 0.414 e. The molecule has 10 heteroatoms. The van der Waals surface area contributed by atoms with E-state index in [1.165, 1.54) is 30.8 Å². The SMILES string of the molecule is CO[C@H](/C=C/C(=O)NO)[C@H](OC(=O)NC(=O)c1ccccc1)c1cccc(OCCO)c1. The van der Waals surface area contributed by atoms with Gasteiger partial charge >= 0.3 is 6.09 Å². The molecule has 0 radical (unpaired) electrons. The predicted molar refractivity (Wildman–Crippen MR) is 112 cm³/mol. The third kappa shape index (κ3) is 7.51. The largest absolute Gasteiger partial charge is 0.491 e. The van der Waals surface area contributed by atoms with Gasteiger partial charge in [-0.3, -0.25) is 20.1 Å².